The van der Waals surface area contributed by atoms with E-state index in [-0.39, 0.29) is 22.0 Å². The first-order valence-corrected chi connectivity index (χ1v) is 15.3. The summed E-state index contributed by atoms with van der Waals surface area (Å²) in [6.07, 6.45) is 3.23. The third kappa shape index (κ3) is 6.75. The first-order valence-electron chi connectivity index (χ1n) is 14.6. The first kappa shape index (κ1) is 31.5. The number of carbonyl (C=O) groups is 2. The molecule has 3 aromatic carbocycles. The van der Waals surface area contributed by atoms with Gasteiger partial charge in [-0.25, -0.2) is 14.2 Å². The van der Waals surface area contributed by atoms with E-state index < -0.39 is 35.3 Å². The van der Waals surface area contributed by atoms with Gasteiger partial charge in [0.25, 0.3) is 11.5 Å². The van der Waals surface area contributed by atoms with Crippen molar-refractivity contribution in [3.63, 3.8) is 0 Å². The van der Waals surface area contributed by atoms with E-state index in [1.807, 2.05) is 18.2 Å². The fraction of sp³-hybridized carbons (Fsp3) is 0.333. The number of nitrogens with zero attached hydrogens (tertiary/aromatic N) is 2. The number of rotatable bonds is 10. The van der Waals surface area contributed by atoms with Gasteiger partial charge in [0.15, 0.2) is 0 Å². The zero-order chi connectivity index (χ0) is 31.5. The molecule has 0 aliphatic heterocycles. The lowest BCUT2D eigenvalue weighted by molar-refractivity contribution is -0.149. The van der Waals surface area contributed by atoms with E-state index in [0.717, 1.165) is 23.0 Å². The summed E-state index contributed by atoms with van der Waals surface area (Å²) in [5.74, 6) is -1.24. The Morgan fingerprint density at radius 1 is 0.977 bits per heavy atom. The SMILES string of the molecule is CC(C)OC(=O)[C@H](Cc1ccc(-n2c(=O)c3cc(CNC4CCC4)ccc3n(C)c2=O)cc1)NC(=O)c1c(Cl)cccc1Cl. The number of carbonyl (C=O) groups excluding carboxylic acids is 2. The predicted molar refractivity (Wildman–Crippen MR) is 172 cm³/mol. The molecule has 0 radical (unpaired) electrons. The van der Waals surface area contributed by atoms with Gasteiger partial charge in [0, 0.05) is 26.1 Å². The summed E-state index contributed by atoms with van der Waals surface area (Å²) >= 11 is 12.4. The Hall–Kier alpha value is -3.92. The smallest absolute Gasteiger partial charge is 0.335 e. The lowest BCUT2D eigenvalue weighted by Crippen LogP contribution is -2.44. The van der Waals surface area contributed by atoms with E-state index in [2.05, 4.69) is 10.6 Å². The third-order valence-corrected chi connectivity index (χ3v) is 8.43. The molecule has 0 spiro atoms. The molecule has 1 fully saturated rings. The highest BCUT2D eigenvalue weighted by molar-refractivity contribution is 6.39. The zero-order valence-corrected chi connectivity index (χ0v) is 26.2. The second kappa shape index (κ2) is 13.4. The maximum Gasteiger partial charge on any atom is 0.335 e. The molecule has 1 amide bonds. The molecule has 4 aromatic rings. The minimum absolute atomic E-state index is 0.0574. The zero-order valence-electron chi connectivity index (χ0n) is 24.7. The van der Waals surface area contributed by atoms with Gasteiger partial charge in [0.05, 0.1) is 38.3 Å². The summed E-state index contributed by atoms with van der Waals surface area (Å²) in [6, 6.07) is 16.4. The van der Waals surface area contributed by atoms with Gasteiger partial charge in [-0.3, -0.25) is 14.2 Å². The molecule has 11 heteroatoms. The Morgan fingerprint density at radius 3 is 2.25 bits per heavy atom. The second-order valence-electron chi connectivity index (χ2n) is 11.3. The van der Waals surface area contributed by atoms with Crippen LogP contribution in [0.4, 0.5) is 0 Å². The standard InChI is InChI=1S/C33H34Cl2N4O5/c1-19(2)44-32(42)27(37-30(40)29-25(34)8-5-9-26(29)35)17-20-10-13-23(14-11-20)39-31(41)24-16-21(18-36-22-6-4-7-22)12-15-28(24)38(3)33(39)43/h5,8-16,19,22,27,36H,4,6-7,17-18H2,1-3H3,(H,37,40)/t27-/m0/s1. The van der Waals surface area contributed by atoms with Gasteiger partial charge in [0.2, 0.25) is 0 Å². The lowest BCUT2D eigenvalue weighted by atomic mass is 9.93. The van der Waals surface area contributed by atoms with E-state index in [9.17, 15) is 19.2 Å². The highest BCUT2D eigenvalue weighted by atomic mass is 35.5. The van der Waals surface area contributed by atoms with Gasteiger partial charge in [-0.15, -0.1) is 0 Å². The van der Waals surface area contributed by atoms with Crippen molar-refractivity contribution in [2.24, 2.45) is 7.05 Å². The largest absolute Gasteiger partial charge is 0.461 e. The Morgan fingerprint density at radius 2 is 1.64 bits per heavy atom. The predicted octanol–water partition coefficient (Wildman–Crippen LogP) is 4.93. The Balaban J connectivity index is 1.42. The molecule has 0 saturated heterocycles. The number of fused-ring (bicyclic) bond motifs is 1. The maximum atomic E-state index is 13.6. The van der Waals surface area contributed by atoms with Crippen LogP contribution in [0.2, 0.25) is 10.0 Å². The van der Waals surface area contributed by atoms with Crippen LogP contribution < -0.4 is 21.9 Å². The maximum absolute atomic E-state index is 13.6. The average Bonchev–Trinajstić information content (AvgIpc) is 2.95. The van der Waals surface area contributed by atoms with E-state index in [1.165, 1.54) is 23.1 Å². The highest BCUT2D eigenvalue weighted by Gasteiger charge is 2.26. The number of hydrogen-bond donors (Lipinski definition) is 2. The molecular weight excluding hydrogens is 603 g/mol. The van der Waals surface area contributed by atoms with E-state index >= 15 is 0 Å². The number of esters is 1. The summed E-state index contributed by atoms with van der Waals surface area (Å²) in [6.45, 7) is 4.08. The molecule has 0 bridgehead atoms. The van der Waals surface area contributed by atoms with Crippen LogP contribution in [-0.4, -0.2) is 39.2 Å². The number of nitrogens with one attached hydrogen (secondary N) is 2. The molecule has 1 saturated carbocycles. The van der Waals surface area contributed by atoms with Crippen LogP contribution >= 0.6 is 23.2 Å². The van der Waals surface area contributed by atoms with Gasteiger partial charge in [-0.05, 0) is 74.2 Å². The second-order valence-corrected chi connectivity index (χ2v) is 12.1. The number of aryl methyl sites for hydroxylation is 1. The van der Waals surface area contributed by atoms with Crippen molar-refractivity contribution >= 4 is 46.0 Å². The molecule has 1 aliphatic rings. The van der Waals surface area contributed by atoms with Crippen molar-refractivity contribution in [3.8, 4) is 5.69 Å². The Kier molecular flexibility index (Phi) is 9.58. The summed E-state index contributed by atoms with van der Waals surface area (Å²) in [5.41, 5.74) is 1.75. The van der Waals surface area contributed by atoms with Crippen molar-refractivity contribution in [2.45, 2.75) is 64.3 Å². The topological polar surface area (TPSA) is 111 Å². The van der Waals surface area contributed by atoms with Crippen LogP contribution in [0.3, 0.4) is 0 Å². The summed E-state index contributed by atoms with van der Waals surface area (Å²) in [4.78, 5) is 53.0. The number of amides is 1. The van der Waals surface area contributed by atoms with Crippen molar-refractivity contribution < 1.29 is 14.3 Å². The number of hydrogen-bond acceptors (Lipinski definition) is 6. The van der Waals surface area contributed by atoms with Gasteiger partial charge in [-0.1, -0.05) is 53.9 Å². The fourth-order valence-electron chi connectivity index (χ4n) is 5.19. The molecule has 2 N–H and O–H groups in total. The summed E-state index contributed by atoms with van der Waals surface area (Å²) in [5, 5.41) is 6.95. The molecule has 230 valence electrons. The average molecular weight is 638 g/mol. The van der Waals surface area contributed by atoms with Crippen LogP contribution in [0.15, 0.2) is 70.3 Å². The van der Waals surface area contributed by atoms with E-state index in [1.54, 1.807) is 51.2 Å². The normalized spacial score (nSPS) is 14.0. The van der Waals surface area contributed by atoms with Crippen molar-refractivity contribution in [2.75, 3.05) is 0 Å². The van der Waals surface area contributed by atoms with E-state index in [4.69, 9.17) is 27.9 Å². The van der Waals surface area contributed by atoms with Crippen LogP contribution in [0.25, 0.3) is 16.6 Å². The van der Waals surface area contributed by atoms with E-state index in [0.29, 0.717) is 34.7 Å². The third-order valence-electron chi connectivity index (χ3n) is 7.80. The number of ether oxygens (including phenoxy) is 1. The van der Waals surface area contributed by atoms with Crippen LogP contribution in [0.1, 0.15) is 54.6 Å². The quantitative estimate of drug-likeness (QED) is 0.239. The first-order chi connectivity index (χ1) is 21.0. The Bertz CT molecular complexity index is 1810. The van der Waals surface area contributed by atoms with Gasteiger partial charge in [0.1, 0.15) is 6.04 Å². The minimum Gasteiger partial charge on any atom is -0.461 e. The molecule has 1 aromatic heterocycles. The summed E-state index contributed by atoms with van der Waals surface area (Å²) in [7, 11) is 1.64. The minimum atomic E-state index is -1.05. The number of halogens is 2. The van der Waals surface area contributed by atoms with Crippen molar-refractivity contribution in [1.82, 2.24) is 19.8 Å². The fourth-order valence-corrected chi connectivity index (χ4v) is 5.76. The monoisotopic (exact) mass is 636 g/mol. The van der Waals surface area contributed by atoms with Gasteiger partial charge >= 0.3 is 11.7 Å². The lowest BCUT2D eigenvalue weighted by Gasteiger charge is -2.26. The molecule has 5 rings (SSSR count). The number of benzene rings is 3. The van der Waals surface area contributed by atoms with Crippen molar-refractivity contribution in [3.05, 3.63) is 108 Å². The van der Waals surface area contributed by atoms with Gasteiger partial charge in [-0.2, -0.15) is 0 Å². The highest BCUT2D eigenvalue weighted by Crippen LogP contribution is 2.24. The summed E-state index contributed by atoms with van der Waals surface area (Å²) < 4.78 is 8.00. The molecule has 1 aliphatic carbocycles. The van der Waals surface area contributed by atoms with Gasteiger partial charge < -0.3 is 15.4 Å². The molecular formula is C33H34Cl2N4O5. The molecule has 9 nitrogen and oxygen atoms in total. The van der Waals surface area contributed by atoms with Crippen LogP contribution in [-0.2, 0) is 29.5 Å². The van der Waals surface area contributed by atoms with Crippen LogP contribution in [0.5, 0.6) is 0 Å². The molecule has 0 unspecified atom stereocenters. The molecule has 44 heavy (non-hydrogen) atoms. The Labute approximate surface area is 264 Å². The van der Waals surface area contributed by atoms with Crippen molar-refractivity contribution in [1.29, 1.82) is 0 Å². The number of aromatic nitrogens is 2. The molecule has 1 heterocycles. The molecule has 1 atom stereocenters. The van der Waals surface area contributed by atoms with Crippen LogP contribution in [0, 0.1) is 0 Å².